The van der Waals surface area contributed by atoms with Crippen LogP contribution in [0.2, 0.25) is 0 Å². The number of carbonyl (C=O) groups is 1. The third kappa shape index (κ3) is 4.52. The van der Waals surface area contributed by atoms with Gasteiger partial charge in [-0.1, -0.05) is 0 Å². The van der Waals surface area contributed by atoms with Crippen LogP contribution in [0.15, 0.2) is 24.3 Å². The molecule has 4 nitrogen and oxygen atoms in total. The van der Waals surface area contributed by atoms with E-state index in [1.165, 1.54) is 29.2 Å². The first-order chi connectivity index (χ1) is 9.13. The van der Waals surface area contributed by atoms with E-state index in [0.29, 0.717) is 5.75 Å². The maximum Gasteiger partial charge on any atom is 0.344 e. The molecule has 1 unspecified atom stereocenters. The summed E-state index contributed by atoms with van der Waals surface area (Å²) in [6.07, 6.45) is 1.97. The molecule has 1 fully saturated rings. The zero-order chi connectivity index (χ0) is 13.7. The van der Waals surface area contributed by atoms with Gasteiger partial charge in [0.2, 0.25) is 0 Å². The Hall–Kier alpha value is -1.62. The van der Waals surface area contributed by atoms with E-state index in [0.717, 1.165) is 25.9 Å². The molecule has 1 N–H and O–H groups in total. The molecule has 0 amide bonds. The lowest BCUT2D eigenvalue weighted by Gasteiger charge is -2.26. The Morgan fingerprint density at radius 3 is 2.84 bits per heavy atom. The van der Waals surface area contributed by atoms with E-state index in [-0.39, 0.29) is 24.5 Å². The van der Waals surface area contributed by atoms with Crippen molar-refractivity contribution >= 4 is 5.97 Å². The number of piperidine rings is 1. The summed E-state index contributed by atoms with van der Waals surface area (Å²) in [7, 11) is 2.09. The second kappa shape index (κ2) is 6.52. The van der Waals surface area contributed by atoms with Crippen LogP contribution in [0.5, 0.6) is 5.75 Å². The van der Waals surface area contributed by atoms with Crippen LogP contribution in [0.3, 0.4) is 0 Å². The van der Waals surface area contributed by atoms with Crippen molar-refractivity contribution in [2.75, 3.05) is 26.7 Å². The molecule has 104 valence electrons. The van der Waals surface area contributed by atoms with Crippen LogP contribution in [0, 0.1) is 5.82 Å². The molecule has 1 heterocycles. The first-order valence-electron chi connectivity index (χ1n) is 6.52. The number of likely N-dealkylation sites (N-methyl/N-ethyl adjacent to an activating group) is 1. The molecule has 5 heteroatoms. The lowest BCUT2D eigenvalue weighted by atomic mass is 10.1. The molecule has 0 radical (unpaired) electrons. The van der Waals surface area contributed by atoms with E-state index in [1.54, 1.807) is 0 Å². The summed E-state index contributed by atoms with van der Waals surface area (Å²) in [5.74, 6) is -0.239. The van der Waals surface area contributed by atoms with Gasteiger partial charge in [0.25, 0.3) is 0 Å². The normalized spacial score (nSPS) is 22.8. The van der Waals surface area contributed by atoms with Gasteiger partial charge in [-0.05, 0) is 30.7 Å². The molecule has 2 rings (SSSR count). The van der Waals surface area contributed by atoms with Crippen molar-refractivity contribution in [1.82, 2.24) is 0 Å². The largest absolute Gasteiger partial charge is 0.482 e. The second-order valence-electron chi connectivity index (χ2n) is 4.91. The number of quaternary nitrogens is 1. The number of halogens is 1. The average Bonchev–Trinajstić information content (AvgIpc) is 2.38. The van der Waals surface area contributed by atoms with Gasteiger partial charge in [0, 0.05) is 6.42 Å². The smallest absolute Gasteiger partial charge is 0.344 e. The summed E-state index contributed by atoms with van der Waals surface area (Å²) >= 11 is 0. The average molecular weight is 268 g/mol. The van der Waals surface area contributed by atoms with Crippen LogP contribution in [-0.4, -0.2) is 38.8 Å². The maximum atomic E-state index is 12.7. The number of rotatable bonds is 4. The van der Waals surface area contributed by atoms with Gasteiger partial charge >= 0.3 is 5.97 Å². The number of hydrogen-bond acceptors (Lipinski definition) is 3. The lowest BCUT2D eigenvalue weighted by molar-refractivity contribution is -0.888. The van der Waals surface area contributed by atoms with E-state index >= 15 is 0 Å². The molecule has 0 aromatic heterocycles. The molecular formula is C14H19FNO3+. The molecule has 2 atom stereocenters. The third-order valence-corrected chi connectivity index (χ3v) is 3.17. The molecule has 1 aliphatic heterocycles. The quantitative estimate of drug-likeness (QED) is 0.805. The molecule has 0 spiro atoms. The van der Waals surface area contributed by atoms with E-state index in [9.17, 15) is 9.18 Å². The number of esters is 1. The van der Waals surface area contributed by atoms with E-state index in [2.05, 4.69) is 7.05 Å². The van der Waals surface area contributed by atoms with Gasteiger partial charge in [0.05, 0.1) is 13.6 Å². The fourth-order valence-electron chi connectivity index (χ4n) is 2.22. The van der Waals surface area contributed by atoms with Crippen LogP contribution in [0.1, 0.15) is 12.8 Å². The minimum absolute atomic E-state index is 0.0157. The highest BCUT2D eigenvalue weighted by Crippen LogP contribution is 2.11. The molecule has 19 heavy (non-hydrogen) atoms. The molecular weight excluding hydrogens is 249 g/mol. The van der Waals surface area contributed by atoms with Crippen LogP contribution in [0.25, 0.3) is 0 Å². The third-order valence-electron chi connectivity index (χ3n) is 3.17. The van der Waals surface area contributed by atoms with Crippen LogP contribution in [-0.2, 0) is 9.53 Å². The molecule has 1 aromatic rings. The Bertz CT molecular complexity index is 421. The molecule has 0 aliphatic carbocycles. The fourth-order valence-corrected chi connectivity index (χ4v) is 2.22. The van der Waals surface area contributed by atoms with Gasteiger partial charge < -0.3 is 14.4 Å². The van der Waals surface area contributed by atoms with Crippen molar-refractivity contribution in [2.45, 2.75) is 18.9 Å². The van der Waals surface area contributed by atoms with Crippen molar-refractivity contribution in [1.29, 1.82) is 0 Å². The van der Waals surface area contributed by atoms with Gasteiger partial charge in [-0.2, -0.15) is 0 Å². The molecule has 1 aliphatic rings. The monoisotopic (exact) mass is 268 g/mol. The highest BCUT2D eigenvalue weighted by molar-refractivity contribution is 5.71. The summed E-state index contributed by atoms with van der Waals surface area (Å²) in [5, 5.41) is 0. The number of benzene rings is 1. The highest BCUT2D eigenvalue weighted by Gasteiger charge is 2.23. The summed E-state index contributed by atoms with van der Waals surface area (Å²) in [6.45, 7) is 1.84. The zero-order valence-corrected chi connectivity index (χ0v) is 11.0. The Kier molecular flexibility index (Phi) is 4.74. The first-order valence-corrected chi connectivity index (χ1v) is 6.52. The Balaban J connectivity index is 1.73. The number of hydrogen-bond donors (Lipinski definition) is 1. The molecule has 0 bridgehead atoms. The van der Waals surface area contributed by atoms with E-state index < -0.39 is 0 Å². The number of carbonyl (C=O) groups excluding carboxylic acids is 1. The predicted molar refractivity (Wildman–Crippen MR) is 67.6 cm³/mol. The minimum Gasteiger partial charge on any atom is -0.482 e. The summed E-state index contributed by atoms with van der Waals surface area (Å²) in [6, 6.07) is 5.56. The molecule has 0 saturated carbocycles. The topological polar surface area (TPSA) is 40.0 Å². The predicted octanol–water partition coefficient (Wildman–Crippen LogP) is 0.425. The van der Waals surface area contributed by atoms with Crippen molar-refractivity contribution in [3.05, 3.63) is 30.1 Å². The SMILES string of the molecule is C[NH+]1CCC[C@H](OC(=O)COc2ccc(F)cc2)C1. The summed E-state index contributed by atoms with van der Waals surface area (Å²) in [4.78, 5) is 13.0. The maximum absolute atomic E-state index is 12.7. The highest BCUT2D eigenvalue weighted by atomic mass is 19.1. The first kappa shape index (κ1) is 13.8. The Morgan fingerprint density at radius 1 is 1.42 bits per heavy atom. The van der Waals surface area contributed by atoms with Gasteiger partial charge in [0.15, 0.2) is 12.7 Å². The Morgan fingerprint density at radius 2 is 2.16 bits per heavy atom. The van der Waals surface area contributed by atoms with E-state index in [1.807, 2.05) is 0 Å². The van der Waals surface area contributed by atoms with Crippen LogP contribution in [0.4, 0.5) is 4.39 Å². The van der Waals surface area contributed by atoms with Gasteiger partial charge in [0.1, 0.15) is 18.1 Å². The molecule has 1 aromatic carbocycles. The summed E-state index contributed by atoms with van der Waals surface area (Å²) in [5.41, 5.74) is 0. The van der Waals surface area contributed by atoms with E-state index in [4.69, 9.17) is 9.47 Å². The minimum atomic E-state index is -0.371. The van der Waals surface area contributed by atoms with Gasteiger partial charge in [-0.3, -0.25) is 0 Å². The molecule has 1 saturated heterocycles. The van der Waals surface area contributed by atoms with Crippen molar-refractivity contribution in [3.8, 4) is 5.75 Å². The van der Waals surface area contributed by atoms with Crippen LogP contribution >= 0.6 is 0 Å². The van der Waals surface area contributed by atoms with Crippen LogP contribution < -0.4 is 9.64 Å². The van der Waals surface area contributed by atoms with Gasteiger partial charge in [-0.15, -0.1) is 0 Å². The van der Waals surface area contributed by atoms with Crippen molar-refractivity contribution < 1.29 is 23.6 Å². The van der Waals surface area contributed by atoms with Gasteiger partial charge in [-0.25, -0.2) is 9.18 Å². The number of likely N-dealkylation sites (tertiary alicyclic amines) is 1. The Labute approximate surface area is 112 Å². The second-order valence-corrected chi connectivity index (χ2v) is 4.91. The van der Waals surface area contributed by atoms with Crippen molar-refractivity contribution in [2.24, 2.45) is 0 Å². The lowest BCUT2D eigenvalue weighted by Crippen LogP contribution is -3.11. The summed E-state index contributed by atoms with van der Waals surface area (Å²) < 4.78 is 23.3. The number of nitrogens with one attached hydrogen (secondary N) is 1. The standard InChI is InChI=1S/C14H18FNO3/c1-16-8-2-3-13(9-16)19-14(17)10-18-12-6-4-11(15)5-7-12/h4-7,13H,2-3,8-10H2,1H3/p+1/t13-/m0/s1. The zero-order valence-electron chi connectivity index (χ0n) is 11.0. The van der Waals surface area contributed by atoms with Crippen molar-refractivity contribution in [3.63, 3.8) is 0 Å². The fraction of sp³-hybridized carbons (Fsp3) is 0.500. The number of ether oxygens (including phenoxy) is 2.